The van der Waals surface area contributed by atoms with E-state index in [0.717, 1.165) is 22.6 Å². The Kier molecular flexibility index (Phi) is 13.8. The number of rotatable bonds is 16. The third kappa shape index (κ3) is 11.6. The highest BCUT2D eigenvalue weighted by molar-refractivity contribution is 7.43. The molecule has 0 bridgehead atoms. The SMILES string of the molecule is C[C@H]([NH3+])C(=O)N[C@@H](C(=O)N1CCCC[C@H]1C(=O)N[C@@H](Cc1ccc2ccccc2c1)C(=O)N[C@@H](CCC(N)=O)C(N)=O)[C@H](C)OP(=O)([O-])[O-]. The van der Waals surface area contributed by atoms with Gasteiger partial charge in [-0.05, 0) is 55.9 Å². The summed E-state index contributed by atoms with van der Waals surface area (Å²) in [5.41, 5.74) is 14.9. The first kappa shape index (κ1) is 39.0. The molecule has 1 heterocycles. The molecule has 1 aliphatic rings. The Bertz CT molecular complexity index is 1600. The maximum atomic E-state index is 13.9. The zero-order valence-electron chi connectivity index (χ0n) is 27.3. The van der Waals surface area contributed by atoms with E-state index >= 15 is 0 Å². The van der Waals surface area contributed by atoms with E-state index in [4.69, 9.17) is 11.5 Å². The number of phosphoric acid groups is 1. The molecule has 0 unspecified atom stereocenters. The van der Waals surface area contributed by atoms with Gasteiger partial charge in [0.25, 0.3) is 5.91 Å². The lowest BCUT2D eigenvalue weighted by atomic mass is 9.97. The van der Waals surface area contributed by atoms with Gasteiger partial charge in [0, 0.05) is 19.4 Å². The van der Waals surface area contributed by atoms with Crippen LogP contribution in [0.15, 0.2) is 42.5 Å². The number of benzene rings is 2. The number of likely N-dealkylation sites (tertiary alicyclic amines) is 1. The Morgan fingerprint density at radius 3 is 2.24 bits per heavy atom. The second kappa shape index (κ2) is 17.3. The summed E-state index contributed by atoms with van der Waals surface area (Å²) in [5.74, 6) is -4.78. The van der Waals surface area contributed by atoms with Crippen molar-refractivity contribution in [2.45, 2.75) is 88.7 Å². The molecule has 49 heavy (non-hydrogen) atoms. The third-order valence-electron chi connectivity index (χ3n) is 8.09. The fourth-order valence-electron chi connectivity index (χ4n) is 5.51. The molecule has 1 fully saturated rings. The second-order valence-electron chi connectivity index (χ2n) is 12.1. The first-order valence-electron chi connectivity index (χ1n) is 15.8. The first-order chi connectivity index (χ1) is 23.0. The summed E-state index contributed by atoms with van der Waals surface area (Å²) >= 11 is 0. The molecule has 0 spiro atoms. The van der Waals surface area contributed by atoms with Crippen LogP contribution in [0.5, 0.6) is 0 Å². The fraction of sp³-hybridized carbons (Fsp3) is 0.484. The van der Waals surface area contributed by atoms with Crippen LogP contribution in [-0.4, -0.2) is 83.2 Å². The van der Waals surface area contributed by atoms with E-state index in [-0.39, 0.29) is 32.2 Å². The van der Waals surface area contributed by atoms with E-state index in [1.165, 1.54) is 6.92 Å². The number of nitrogens with one attached hydrogen (secondary N) is 3. The summed E-state index contributed by atoms with van der Waals surface area (Å²) in [6.07, 6.45) is -0.966. The van der Waals surface area contributed by atoms with Gasteiger partial charge in [-0.1, -0.05) is 42.5 Å². The van der Waals surface area contributed by atoms with Gasteiger partial charge in [-0.15, -0.1) is 0 Å². The van der Waals surface area contributed by atoms with E-state index < -0.39 is 79.6 Å². The normalized spacial score (nSPS) is 18.0. The molecule has 6 atom stereocenters. The van der Waals surface area contributed by atoms with Crippen LogP contribution in [0.3, 0.4) is 0 Å². The maximum Gasteiger partial charge on any atom is 0.278 e. The number of hydrogen-bond donors (Lipinski definition) is 6. The number of phosphoric ester groups is 1. The lowest BCUT2D eigenvalue weighted by Gasteiger charge is -2.40. The van der Waals surface area contributed by atoms with Crippen molar-refractivity contribution < 1.29 is 53.4 Å². The van der Waals surface area contributed by atoms with E-state index in [2.05, 4.69) is 26.2 Å². The monoisotopic (exact) mass is 704 g/mol. The number of nitrogens with zero attached hydrogens (tertiary/aromatic N) is 1. The molecule has 3 rings (SSSR count). The van der Waals surface area contributed by atoms with Crippen LogP contribution in [0.25, 0.3) is 10.8 Å². The van der Waals surface area contributed by atoms with Gasteiger partial charge in [-0.25, -0.2) is 0 Å². The Labute approximate surface area is 282 Å². The van der Waals surface area contributed by atoms with Crippen molar-refractivity contribution in [1.29, 1.82) is 0 Å². The van der Waals surface area contributed by atoms with Crippen molar-refractivity contribution in [3.8, 4) is 0 Å². The predicted molar refractivity (Wildman–Crippen MR) is 171 cm³/mol. The zero-order valence-corrected chi connectivity index (χ0v) is 28.2. The van der Waals surface area contributed by atoms with E-state index in [1.807, 2.05) is 36.4 Å². The molecule has 268 valence electrons. The van der Waals surface area contributed by atoms with Gasteiger partial charge >= 0.3 is 0 Å². The Hall–Kier alpha value is -4.41. The van der Waals surface area contributed by atoms with Crippen molar-refractivity contribution in [3.63, 3.8) is 0 Å². The minimum Gasteiger partial charge on any atom is -0.790 e. The van der Waals surface area contributed by atoms with Gasteiger partial charge in [0.15, 0.2) is 6.04 Å². The van der Waals surface area contributed by atoms with Gasteiger partial charge in [-0.2, -0.15) is 0 Å². The van der Waals surface area contributed by atoms with Crippen LogP contribution in [0, 0.1) is 0 Å². The highest BCUT2D eigenvalue weighted by Gasteiger charge is 2.40. The van der Waals surface area contributed by atoms with Crippen LogP contribution in [-0.2, 0) is 44.3 Å². The molecule has 6 amide bonds. The molecule has 2 aromatic carbocycles. The number of quaternary nitrogens is 1. The summed E-state index contributed by atoms with van der Waals surface area (Å²) in [6.45, 7) is 2.58. The number of primary amides is 2. The van der Waals surface area contributed by atoms with Crippen LogP contribution in [0.1, 0.15) is 51.5 Å². The van der Waals surface area contributed by atoms with Crippen molar-refractivity contribution >= 4 is 54.0 Å². The molecule has 1 aliphatic heterocycles. The van der Waals surface area contributed by atoms with Gasteiger partial charge in [0.05, 0.1) is 13.9 Å². The Balaban J connectivity index is 1.92. The third-order valence-corrected chi connectivity index (χ3v) is 8.68. The number of nitrogens with two attached hydrogens (primary N) is 2. The molecule has 0 saturated carbocycles. The lowest BCUT2D eigenvalue weighted by molar-refractivity contribution is -0.398. The summed E-state index contributed by atoms with van der Waals surface area (Å²) < 4.78 is 15.9. The molecule has 0 aromatic heterocycles. The minimum absolute atomic E-state index is 0.0285. The smallest absolute Gasteiger partial charge is 0.278 e. The number of carbonyl (C=O) groups is 6. The number of carbonyl (C=O) groups excluding carboxylic acids is 6. The average Bonchev–Trinajstić information content (AvgIpc) is 3.03. The average molecular weight is 705 g/mol. The summed E-state index contributed by atoms with van der Waals surface area (Å²) in [4.78, 5) is 101. The van der Waals surface area contributed by atoms with E-state index in [0.29, 0.717) is 18.4 Å². The summed E-state index contributed by atoms with van der Waals surface area (Å²) in [7, 11) is -5.59. The van der Waals surface area contributed by atoms with Crippen LogP contribution < -0.4 is 42.9 Å². The molecule has 10 N–H and O–H groups in total. The predicted octanol–water partition coefficient (Wildman–Crippen LogP) is -3.17. The molecular formula is C31H43N7O10P-. The number of hydrogen-bond acceptors (Lipinski definition) is 10. The van der Waals surface area contributed by atoms with Crippen molar-refractivity contribution in [2.24, 2.45) is 11.5 Å². The van der Waals surface area contributed by atoms with Gasteiger partial charge in [0.1, 0.15) is 24.2 Å². The number of amides is 6. The fourth-order valence-corrected chi connectivity index (χ4v) is 6.04. The molecule has 1 saturated heterocycles. The highest BCUT2D eigenvalue weighted by atomic mass is 31.2. The standard InChI is InChI=1S/C31H44N7O10P/c1-17(32)28(41)37-26(18(2)48-49(45,46)47)31(44)38-14-6-5-9-24(38)30(43)36-23(29(42)35-22(27(34)40)12-13-25(33)39)16-19-10-11-20-7-3-4-8-21(20)15-19/h3-4,7-8,10-11,15,17-18,22-24,26H,5-6,9,12-14,16,32H2,1-2H3,(H2,33,39)(H2,34,40)(H,35,42)(H,36,43)(H,37,41)(H2,45,46,47)/p-1/t17-,18-,22-,23-,24-,26+/m0/s1. The number of fused-ring (bicyclic) bond motifs is 1. The Morgan fingerprint density at radius 2 is 1.63 bits per heavy atom. The largest absolute Gasteiger partial charge is 0.790 e. The highest BCUT2D eigenvalue weighted by Crippen LogP contribution is 2.29. The number of piperidine rings is 1. The Morgan fingerprint density at radius 1 is 0.959 bits per heavy atom. The molecule has 0 aliphatic carbocycles. The summed E-state index contributed by atoms with van der Waals surface area (Å²) in [5, 5.41) is 9.34. The molecule has 18 heteroatoms. The molecule has 0 radical (unpaired) electrons. The summed E-state index contributed by atoms with van der Waals surface area (Å²) in [6, 6.07) is 6.66. The van der Waals surface area contributed by atoms with Crippen molar-refractivity contribution in [2.75, 3.05) is 6.54 Å². The zero-order chi connectivity index (χ0) is 36.5. The van der Waals surface area contributed by atoms with Gasteiger partial charge < -0.3 is 56.9 Å². The second-order valence-corrected chi connectivity index (χ2v) is 13.2. The maximum absolute atomic E-state index is 13.9. The topological polar surface area (TPSA) is 294 Å². The quantitative estimate of drug-likeness (QED) is 0.0953. The van der Waals surface area contributed by atoms with Crippen LogP contribution >= 0.6 is 7.82 Å². The van der Waals surface area contributed by atoms with Gasteiger partial charge in [-0.3, -0.25) is 28.8 Å². The van der Waals surface area contributed by atoms with Crippen LogP contribution in [0.4, 0.5) is 0 Å². The molecule has 2 aromatic rings. The first-order valence-corrected chi connectivity index (χ1v) is 17.2. The van der Waals surface area contributed by atoms with E-state index in [1.54, 1.807) is 6.07 Å². The lowest BCUT2D eigenvalue weighted by Crippen LogP contribution is -2.69. The van der Waals surface area contributed by atoms with Crippen molar-refractivity contribution in [1.82, 2.24) is 20.9 Å². The van der Waals surface area contributed by atoms with Crippen molar-refractivity contribution in [3.05, 3.63) is 48.0 Å². The van der Waals surface area contributed by atoms with Crippen LogP contribution in [0.2, 0.25) is 0 Å². The minimum atomic E-state index is -5.59. The molecule has 17 nitrogen and oxygen atoms in total. The van der Waals surface area contributed by atoms with Gasteiger partial charge in [0.2, 0.25) is 29.5 Å². The molecular weight excluding hydrogens is 661 g/mol. The van der Waals surface area contributed by atoms with E-state index in [9.17, 15) is 43.1 Å².